The third-order valence-corrected chi connectivity index (χ3v) is 6.35. The van der Waals surface area contributed by atoms with E-state index in [0.29, 0.717) is 12.3 Å². The van der Waals surface area contributed by atoms with E-state index in [2.05, 4.69) is 34.3 Å². The van der Waals surface area contributed by atoms with Crippen molar-refractivity contribution in [2.45, 2.75) is 32.1 Å². The van der Waals surface area contributed by atoms with Crippen LogP contribution in [0.25, 0.3) is 0 Å². The number of amides is 1. The average molecular weight is 327 g/mol. The molecule has 130 valence electrons. The van der Waals surface area contributed by atoms with Gasteiger partial charge in [0, 0.05) is 32.6 Å². The minimum atomic E-state index is 0.203. The van der Waals surface area contributed by atoms with Gasteiger partial charge in [-0.3, -0.25) is 4.79 Å². The second-order valence-electron chi connectivity index (χ2n) is 7.99. The minimum Gasteiger partial charge on any atom is -0.367 e. The van der Waals surface area contributed by atoms with Gasteiger partial charge in [-0.1, -0.05) is 18.6 Å². The van der Waals surface area contributed by atoms with Crippen molar-refractivity contribution in [2.24, 2.45) is 17.8 Å². The maximum atomic E-state index is 12.6. The SMILES string of the molecule is CN1CCN(c2ccccc2NC(=O)C[C@@H]2C[C@H]3CC[C@H]2C3)CC1. The first kappa shape index (κ1) is 15.9. The molecule has 4 heteroatoms. The highest BCUT2D eigenvalue weighted by Gasteiger charge is 2.40. The third-order valence-electron chi connectivity index (χ3n) is 6.35. The van der Waals surface area contributed by atoms with Crippen molar-refractivity contribution >= 4 is 17.3 Å². The summed E-state index contributed by atoms with van der Waals surface area (Å²) >= 11 is 0. The van der Waals surface area contributed by atoms with Crippen LogP contribution in [0, 0.1) is 17.8 Å². The molecule has 1 saturated heterocycles. The molecule has 1 N–H and O–H groups in total. The van der Waals surface area contributed by atoms with Crippen molar-refractivity contribution in [1.29, 1.82) is 0 Å². The van der Waals surface area contributed by atoms with Crippen LogP contribution < -0.4 is 10.2 Å². The summed E-state index contributed by atoms with van der Waals surface area (Å²) in [7, 11) is 2.17. The Morgan fingerprint density at radius 3 is 2.62 bits per heavy atom. The van der Waals surface area contributed by atoms with E-state index >= 15 is 0 Å². The van der Waals surface area contributed by atoms with Crippen LogP contribution in [0.4, 0.5) is 11.4 Å². The standard InChI is InChI=1S/C20H29N3O/c1-22-8-10-23(11-9-22)19-5-3-2-4-18(19)21-20(24)14-17-13-15-6-7-16(17)12-15/h2-5,15-17H,6-14H2,1H3,(H,21,24)/t15-,16-,17-/m0/s1. The van der Waals surface area contributed by atoms with E-state index in [1.54, 1.807) is 0 Å². The lowest BCUT2D eigenvalue weighted by atomic mass is 9.86. The lowest BCUT2D eigenvalue weighted by molar-refractivity contribution is -0.117. The fraction of sp³-hybridized carbons (Fsp3) is 0.650. The first-order valence-electron chi connectivity index (χ1n) is 9.51. The molecular formula is C20H29N3O. The lowest BCUT2D eigenvalue weighted by Gasteiger charge is -2.35. The van der Waals surface area contributed by atoms with Gasteiger partial charge in [0.05, 0.1) is 11.4 Å². The second-order valence-corrected chi connectivity index (χ2v) is 7.99. The number of nitrogens with one attached hydrogen (secondary N) is 1. The van der Waals surface area contributed by atoms with Gasteiger partial charge >= 0.3 is 0 Å². The lowest BCUT2D eigenvalue weighted by Crippen LogP contribution is -2.44. The van der Waals surface area contributed by atoms with E-state index in [9.17, 15) is 4.79 Å². The van der Waals surface area contributed by atoms with E-state index in [0.717, 1.165) is 43.7 Å². The molecule has 1 heterocycles. The van der Waals surface area contributed by atoms with Crippen molar-refractivity contribution < 1.29 is 4.79 Å². The van der Waals surface area contributed by atoms with Gasteiger partial charge < -0.3 is 15.1 Å². The Morgan fingerprint density at radius 1 is 1.12 bits per heavy atom. The third kappa shape index (κ3) is 3.30. The number of piperazine rings is 1. The molecule has 2 bridgehead atoms. The fourth-order valence-electron chi connectivity index (χ4n) is 4.97. The Morgan fingerprint density at radius 2 is 1.92 bits per heavy atom. The summed E-state index contributed by atoms with van der Waals surface area (Å²) < 4.78 is 0. The van der Waals surface area contributed by atoms with Crippen molar-refractivity contribution in [3.8, 4) is 0 Å². The first-order valence-corrected chi connectivity index (χ1v) is 9.51. The largest absolute Gasteiger partial charge is 0.367 e. The van der Waals surface area contributed by atoms with Gasteiger partial charge in [0.15, 0.2) is 0 Å². The topological polar surface area (TPSA) is 35.6 Å². The van der Waals surface area contributed by atoms with Crippen LogP contribution in [0.2, 0.25) is 0 Å². The summed E-state index contributed by atoms with van der Waals surface area (Å²) in [5.74, 6) is 2.55. The molecule has 3 aliphatic rings. The number of anilines is 2. The molecule has 2 aliphatic carbocycles. The number of rotatable bonds is 4. The summed E-state index contributed by atoms with van der Waals surface area (Å²) in [5.41, 5.74) is 2.15. The first-order chi connectivity index (χ1) is 11.7. The highest BCUT2D eigenvalue weighted by atomic mass is 16.1. The van der Waals surface area contributed by atoms with Crippen molar-refractivity contribution in [3.63, 3.8) is 0 Å². The van der Waals surface area contributed by atoms with E-state index in [1.807, 2.05) is 12.1 Å². The number of carbonyl (C=O) groups excluding carboxylic acids is 1. The Kier molecular flexibility index (Phi) is 4.49. The maximum absolute atomic E-state index is 12.6. The maximum Gasteiger partial charge on any atom is 0.224 e. The average Bonchev–Trinajstić information content (AvgIpc) is 3.19. The zero-order valence-corrected chi connectivity index (χ0v) is 14.7. The normalized spacial score (nSPS) is 29.9. The summed E-state index contributed by atoms with van der Waals surface area (Å²) in [4.78, 5) is 17.3. The number of para-hydroxylation sites is 2. The summed E-state index contributed by atoms with van der Waals surface area (Å²) in [6, 6.07) is 8.27. The van der Waals surface area contributed by atoms with Gasteiger partial charge in [0.2, 0.25) is 5.91 Å². The number of benzene rings is 1. The predicted octanol–water partition coefficient (Wildman–Crippen LogP) is 3.20. The summed E-state index contributed by atoms with van der Waals surface area (Å²) in [5, 5.41) is 3.21. The van der Waals surface area contributed by atoms with Gasteiger partial charge in [-0.15, -0.1) is 0 Å². The fourth-order valence-corrected chi connectivity index (χ4v) is 4.97. The minimum absolute atomic E-state index is 0.203. The van der Waals surface area contributed by atoms with E-state index in [1.165, 1.54) is 31.4 Å². The highest BCUT2D eigenvalue weighted by Crippen LogP contribution is 2.49. The molecule has 1 aromatic carbocycles. The number of fused-ring (bicyclic) bond motifs is 2. The Labute approximate surface area is 145 Å². The van der Waals surface area contributed by atoms with Crippen LogP contribution in [0.1, 0.15) is 32.1 Å². The van der Waals surface area contributed by atoms with E-state index < -0.39 is 0 Å². The molecule has 2 saturated carbocycles. The molecule has 0 spiro atoms. The van der Waals surface area contributed by atoms with Crippen LogP contribution in [-0.4, -0.2) is 44.0 Å². The molecule has 1 amide bonds. The highest BCUT2D eigenvalue weighted by molar-refractivity contribution is 5.94. The van der Waals surface area contributed by atoms with Gasteiger partial charge in [0.25, 0.3) is 0 Å². The second kappa shape index (κ2) is 6.75. The number of carbonyl (C=O) groups is 1. The monoisotopic (exact) mass is 327 g/mol. The van der Waals surface area contributed by atoms with Crippen molar-refractivity contribution in [2.75, 3.05) is 43.4 Å². The molecule has 3 atom stereocenters. The molecule has 4 rings (SSSR count). The Hall–Kier alpha value is -1.55. The smallest absolute Gasteiger partial charge is 0.224 e. The number of likely N-dealkylation sites (N-methyl/N-ethyl adjacent to an activating group) is 1. The predicted molar refractivity (Wildman–Crippen MR) is 98.3 cm³/mol. The quantitative estimate of drug-likeness (QED) is 0.922. The Bertz CT molecular complexity index is 594. The van der Waals surface area contributed by atoms with Crippen molar-refractivity contribution in [1.82, 2.24) is 4.90 Å². The molecule has 0 aromatic heterocycles. The summed E-state index contributed by atoms with van der Waals surface area (Å²) in [6.45, 7) is 4.20. The molecular weight excluding hydrogens is 298 g/mol. The van der Waals surface area contributed by atoms with E-state index in [-0.39, 0.29) is 5.91 Å². The van der Waals surface area contributed by atoms with Crippen molar-refractivity contribution in [3.05, 3.63) is 24.3 Å². The summed E-state index contributed by atoms with van der Waals surface area (Å²) in [6.07, 6.45) is 6.10. The molecule has 0 unspecified atom stereocenters. The van der Waals surface area contributed by atoms with Gasteiger partial charge in [-0.05, 0) is 56.2 Å². The van der Waals surface area contributed by atoms with Gasteiger partial charge in [-0.25, -0.2) is 0 Å². The molecule has 1 aliphatic heterocycles. The molecule has 0 radical (unpaired) electrons. The number of hydrogen-bond acceptors (Lipinski definition) is 3. The molecule has 4 nitrogen and oxygen atoms in total. The van der Waals surface area contributed by atoms with Gasteiger partial charge in [0.1, 0.15) is 0 Å². The van der Waals surface area contributed by atoms with Crippen LogP contribution in [0.3, 0.4) is 0 Å². The van der Waals surface area contributed by atoms with Crippen LogP contribution in [-0.2, 0) is 4.79 Å². The molecule has 3 fully saturated rings. The number of nitrogens with zero attached hydrogens (tertiary/aromatic N) is 2. The van der Waals surface area contributed by atoms with Crippen LogP contribution >= 0.6 is 0 Å². The van der Waals surface area contributed by atoms with E-state index in [4.69, 9.17) is 0 Å². The van der Waals surface area contributed by atoms with Gasteiger partial charge in [-0.2, -0.15) is 0 Å². The molecule has 1 aromatic rings. The van der Waals surface area contributed by atoms with Crippen LogP contribution in [0.5, 0.6) is 0 Å². The van der Waals surface area contributed by atoms with Crippen LogP contribution in [0.15, 0.2) is 24.3 Å². The molecule has 24 heavy (non-hydrogen) atoms. The zero-order chi connectivity index (χ0) is 16.5. The number of hydrogen-bond donors (Lipinski definition) is 1. The zero-order valence-electron chi connectivity index (χ0n) is 14.7. The Balaban J connectivity index is 1.40.